The Labute approximate surface area is 293 Å². The van der Waals surface area contributed by atoms with Crippen molar-refractivity contribution in [1.82, 2.24) is 14.7 Å². The molecule has 0 saturated carbocycles. The number of halogens is 3. The zero-order valence-corrected chi connectivity index (χ0v) is 28.0. The topological polar surface area (TPSA) is 232 Å². The number of non-ortho nitro benzene ring substituents is 2. The van der Waals surface area contributed by atoms with Crippen LogP contribution in [-0.4, -0.2) is 111 Å². The highest BCUT2D eigenvalue weighted by Crippen LogP contribution is 2.26. The molecule has 0 radical (unpaired) electrons. The molecule has 2 aliphatic rings. The second-order valence-corrected chi connectivity index (χ2v) is 13.0. The van der Waals surface area contributed by atoms with E-state index in [0.29, 0.717) is 50.1 Å². The van der Waals surface area contributed by atoms with Crippen LogP contribution < -0.4 is 0 Å². The molecule has 3 amide bonds. The molecule has 51 heavy (non-hydrogen) atoms. The molecule has 0 aromatic heterocycles. The molecule has 2 atom stereocenters. The lowest BCUT2D eigenvalue weighted by molar-refractivity contribution is -0.385. The molecule has 0 bridgehead atoms. The van der Waals surface area contributed by atoms with E-state index in [0.717, 1.165) is 0 Å². The van der Waals surface area contributed by atoms with E-state index in [9.17, 15) is 47.8 Å². The van der Waals surface area contributed by atoms with Crippen molar-refractivity contribution < 1.29 is 59.8 Å². The Balaban J connectivity index is 0.000000783. The van der Waals surface area contributed by atoms with E-state index in [2.05, 4.69) is 17.6 Å². The zero-order valence-electron chi connectivity index (χ0n) is 26.3. The van der Waals surface area contributed by atoms with Crippen LogP contribution in [0.15, 0.2) is 53.5 Å². The maximum absolute atomic E-state index is 13.5. The van der Waals surface area contributed by atoms with Gasteiger partial charge in [0.1, 0.15) is 19.3 Å². The molecule has 23 heteroatoms. The van der Waals surface area contributed by atoms with Crippen LogP contribution in [0.4, 0.5) is 34.1 Å². The lowest BCUT2D eigenvalue weighted by atomic mass is 10.2. The van der Waals surface area contributed by atoms with Gasteiger partial charge in [-0.05, 0) is 48.2 Å². The summed E-state index contributed by atoms with van der Waals surface area (Å²) in [6.07, 6.45) is 0.870. The van der Waals surface area contributed by atoms with Gasteiger partial charge in [-0.25, -0.2) is 9.59 Å². The van der Waals surface area contributed by atoms with Gasteiger partial charge in [-0.1, -0.05) is 0 Å². The van der Waals surface area contributed by atoms with Gasteiger partial charge < -0.3 is 19.3 Å². The van der Waals surface area contributed by atoms with Gasteiger partial charge in [-0.2, -0.15) is 39.2 Å². The highest BCUT2D eigenvalue weighted by atomic mass is 32.2. The van der Waals surface area contributed by atoms with E-state index < -0.39 is 43.7 Å². The van der Waals surface area contributed by atoms with Crippen LogP contribution in [0, 0.1) is 20.2 Å². The summed E-state index contributed by atoms with van der Waals surface area (Å²) in [7, 11) is -5.84. The third-order valence-corrected chi connectivity index (χ3v) is 8.24. The number of rotatable bonds is 8. The molecular formula is C28H31F3N6O12S2. The number of carbonyl (C=O) groups excluding carboxylic acids is 3. The highest BCUT2D eigenvalue weighted by Gasteiger charge is 2.44. The Hall–Kier alpha value is -5.03. The van der Waals surface area contributed by atoms with Crippen LogP contribution in [0.1, 0.15) is 24.0 Å². The van der Waals surface area contributed by atoms with Crippen molar-refractivity contribution in [2.75, 3.05) is 32.7 Å². The van der Waals surface area contributed by atoms with Crippen molar-refractivity contribution in [1.29, 1.82) is 0 Å². The molecule has 0 spiro atoms. The first-order valence-corrected chi connectivity index (χ1v) is 16.7. The molecule has 2 saturated heterocycles. The van der Waals surface area contributed by atoms with Gasteiger partial charge >= 0.3 is 27.8 Å². The summed E-state index contributed by atoms with van der Waals surface area (Å²) in [6, 6.07) is 10.6. The first-order valence-electron chi connectivity index (χ1n) is 14.7. The third kappa shape index (κ3) is 12.4. The van der Waals surface area contributed by atoms with E-state index in [4.69, 9.17) is 22.4 Å². The predicted octanol–water partition coefficient (Wildman–Crippen LogP) is 3.81. The van der Waals surface area contributed by atoms with Gasteiger partial charge in [0.2, 0.25) is 5.91 Å². The summed E-state index contributed by atoms with van der Waals surface area (Å²) >= 11 is 4.49. The molecule has 4 rings (SSSR count). The van der Waals surface area contributed by atoms with Crippen molar-refractivity contribution in [2.24, 2.45) is 4.99 Å². The number of likely N-dealkylation sites (tertiary alicyclic amines) is 1. The van der Waals surface area contributed by atoms with Crippen molar-refractivity contribution in [3.8, 4) is 0 Å². The molecule has 2 aromatic rings. The Bertz CT molecular complexity index is 1710. The summed E-state index contributed by atoms with van der Waals surface area (Å²) in [5.41, 5.74) is -4.51. The summed E-state index contributed by atoms with van der Waals surface area (Å²) in [5, 5.41) is 21.4. The second-order valence-electron chi connectivity index (χ2n) is 10.9. The normalized spacial score (nSPS) is 18.0. The van der Waals surface area contributed by atoms with Crippen LogP contribution >= 0.6 is 12.6 Å². The monoisotopic (exact) mass is 764 g/mol. The SMILES string of the molecule is O=C(N=CN1CCCN(C(=O)[C@@H]2C[C@H](S)CN2C(=O)OCc2ccc([N+](=O)[O-])cc2)CC1)OCc1ccc([N+](=O)[O-])cc1.O=S(=O)(O)C(F)(F)F. The average molecular weight is 765 g/mol. The number of aliphatic imine (C=N–C) groups is 1. The number of hydrogen-bond donors (Lipinski definition) is 2. The number of ether oxygens (including phenoxy) is 2. The van der Waals surface area contributed by atoms with E-state index in [1.165, 1.54) is 59.8 Å². The fourth-order valence-corrected chi connectivity index (χ4v) is 5.08. The molecule has 278 valence electrons. The molecule has 2 fully saturated rings. The Morgan fingerprint density at radius 2 is 1.43 bits per heavy atom. The number of carbonyl (C=O) groups is 3. The molecule has 0 unspecified atom stereocenters. The molecule has 2 aromatic carbocycles. The van der Waals surface area contributed by atoms with Crippen molar-refractivity contribution >= 4 is 58.6 Å². The number of alkyl halides is 3. The standard InChI is InChI=1S/C27H30N6O9S.CHF3O3S/c34-25(24-14-23(43)15-31(24)27(36)42-17-20-4-8-22(9-5-20)33(39)40)30-11-1-10-29(12-13-30)18-28-26(35)41-16-19-2-6-21(7-3-19)32(37)38;2-1(3,4)8(5,6)7/h2-9,18,23-24,43H,1,10-17H2;(H,5,6,7)/t23-,24-;/m0./s1. The zero-order chi connectivity index (χ0) is 37.9. The fourth-order valence-electron chi connectivity index (χ4n) is 4.70. The van der Waals surface area contributed by atoms with Crippen molar-refractivity contribution in [3.05, 3.63) is 79.9 Å². The van der Waals surface area contributed by atoms with Crippen LogP contribution in [0.3, 0.4) is 0 Å². The Morgan fingerprint density at radius 1 is 0.922 bits per heavy atom. The van der Waals surface area contributed by atoms with Crippen LogP contribution in [0.2, 0.25) is 0 Å². The number of nitro groups is 2. The number of hydrogen-bond acceptors (Lipinski definition) is 12. The number of benzene rings is 2. The van der Waals surface area contributed by atoms with Gasteiger partial charge in [-0.3, -0.25) is 34.5 Å². The summed E-state index contributed by atoms with van der Waals surface area (Å²) < 4.78 is 68.0. The Kier molecular flexibility index (Phi) is 14.1. The number of nitrogens with zero attached hydrogens (tertiary/aromatic N) is 6. The largest absolute Gasteiger partial charge is 0.522 e. The number of amides is 3. The number of thiol groups is 1. The van der Waals surface area contributed by atoms with Crippen LogP contribution in [-0.2, 0) is 37.6 Å². The van der Waals surface area contributed by atoms with Gasteiger partial charge in [0.25, 0.3) is 11.4 Å². The quantitative estimate of drug-likeness (QED) is 0.0742. The maximum Gasteiger partial charge on any atom is 0.522 e. The van der Waals surface area contributed by atoms with E-state index in [1.54, 1.807) is 9.80 Å². The van der Waals surface area contributed by atoms with Crippen molar-refractivity contribution in [3.63, 3.8) is 0 Å². The lowest BCUT2D eigenvalue weighted by Crippen LogP contribution is -2.48. The highest BCUT2D eigenvalue weighted by molar-refractivity contribution is 7.86. The average Bonchev–Trinajstić information content (AvgIpc) is 3.30. The third-order valence-electron chi connectivity index (χ3n) is 7.28. The summed E-state index contributed by atoms with van der Waals surface area (Å²) in [6.45, 7) is 1.81. The van der Waals surface area contributed by atoms with Gasteiger partial charge in [0.15, 0.2) is 0 Å². The minimum absolute atomic E-state index is 0.0625. The first-order chi connectivity index (χ1) is 23.9. The first kappa shape index (κ1) is 40.4. The van der Waals surface area contributed by atoms with Gasteiger partial charge in [-0.15, -0.1) is 0 Å². The summed E-state index contributed by atoms with van der Waals surface area (Å²) in [5.74, 6) is -0.217. The summed E-state index contributed by atoms with van der Waals surface area (Å²) in [4.78, 5) is 67.6. The Morgan fingerprint density at radius 3 is 1.92 bits per heavy atom. The molecular weight excluding hydrogens is 733 g/mol. The lowest BCUT2D eigenvalue weighted by Gasteiger charge is -2.29. The van der Waals surface area contributed by atoms with Crippen LogP contribution in [0.25, 0.3) is 0 Å². The molecule has 0 aliphatic carbocycles. The minimum Gasteiger partial charge on any atom is -0.445 e. The molecule has 2 heterocycles. The molecule has 1 N–H and O–H groups in total. The van der Waals surface area contributed by atoms with E-state index >= 15 is 0 Å². The van der Waals surface area contributed by atoms with Gasteiger partial charge in [0, 0.05) is 62.2 Å². The number of nitro benzene ring substituents is 2. The molecule has 2 aliphatic heterocycles. The van der Waals surface area contributed by atoms with Crippen molar-refractivity contribution in [2.45, 2.75) is 42.9 Å². The second kappa shape index (κ2) is 17.8. The fraction of sp³-hybridized carbons (Fsp3) is 0.429. The van der Waals surface area contributed by atoms with E-state index in [1.807, 2.05) is 0 Å². The van der Waals surface area contributed by atoms with E-state index in [-0.39, 0.29) is 42.3 Å². The minimum atomic E-state index is -5.84. The predicted molar refractivity (Wildman–Crippen MR) is 173 cm³/mol. The van der Waals surface area contributed by atoms with Crippen LogP contribution in [0.5, 0.6) is 0 Å². The van der Waals surface area contributed by atoms with Gasteiger partial charge in [0.05, 0.1) is 16.2 Å². The smallest absolute Gasteiger partial charge is 0.445 e. The molecule has 18 nitrogen and oxygen atoms in total. The maximum atomic E-state index is 13.5.